The van der Waals surface area contributed by atoms with E-state index in [-0.39, 0.29) is 0 Å². The lowest BCUT2D eigenvalue weighted by Gasteiger charge is -2.32. The quantitative estimate of drug-likeness (QED) is 0.800. The van der Waals surface area contributed by atoms with Crippen LogP contribution in [-0.4, -0.2) is 60.0 Å². The van der Waals surface area contributed by atoms with Crippen LogP contribution in [0.4, 0.5) is 5.82 Å². The number of nitrogen functional groups attached to an aromatic ring is 1. The van der Waals surface area contributed by atoms with E-state index in [1.807, 2.05) is 6.92 Å². The van der Waals surface area contributed by atoms with Gasteiger partial charge >= 0.3 is 0 Å². The molecule has 0 radical (unpaired) electrons. The van der Waals surface area contributed by atoms with E-state index in [4.69, 9.17) is 5.73 Å². The Balaban J connectivity index is 1.96. The number of aryl methyl sites for hydroxylation is 1. The Morgan fingerprint density at radius 2 is 1.89 bits per heavy atom. The fourth-order valence-corrected chi connectivity index (χ4v) is 2.97. The number of anilines is 1. The van der Waals surface area contributed by atoms with Gasteiger partial charge in [-0.1, -0.05) is 0 Å². The summed E-state index contributed by atoms with van der Waals surface area (Å²) in [6.07, 6.45) is 1.24. The number of nitrogens with zero attached hydrogens (tertiary/aromatic N) is 4. The third-order valence-electron chi connectivity index (χ3n) is 3.09. The summed E-state index contributed by atoms with van der Waals surface area (Å²) in [5.74, 6) is 1.16. The van der Waals surface area contributed by atoms with Crippen LogP contribution in [0.25, 0.3) is 0 Å². The van der Waals surface area contributed by atoms with E-state index < -0.39 is 10.0 Å². The van der Waals surface area contributed by atoms with Crippen LogP contribution in [0.3, 0.4) is 0 Å². The van der Waals surface area contributed by atoms with Crippen molar-refractivity contribution in [1.29, 1.82) is 0 Å². The van der Waals surface area contributed by atoms with Gasteiger partial charge in [0.1, 0.15) is 11.6 Å². The Hall–Kier alpha value is -1.25. The summed E-state index contributed by atoms with van der Waals surface area (Å²) in [7, 11) is -3.08. The summed E-state index contributed by atoms with van der Waals surface area (Å²) in [6.45, 7) is 4.88. The molecular weight excluding hydrogens is 266 g/mol. The van der Waals surface area contributed by atoms with Crippen molar-refractivity contribution in [2.24, 2.45) is 0 Å². The summed E-state index contributed by atoms with van der Waals surface area (Å²) in [6, 6.07) is 1.73. The van der Waals surface area contributed by atoms with Gasteiger partial charge in [0, 0.05) is 37.9 Å². The van der Waals surface area contributed by atoms with Crippen LogP contribution in [0.15, 0.2) is 6.07 Å². The van der Waals surface area contributed by atoms with Crippen molar-refractivity contribution in [1.82, 2.24) is 19.2 Å². The number of hydrogen-bond donors (Lipinski definition) is 1. The van der Waals surface area contributed by atoms with E-state index in [1.165, 1.54) is 10.6 Å². The van der Waals surface area contributed by atoms with Crippen molar-refractivity contribution < 1.29 is 8.42 Å². The van der Waals surface area contributed by atoms with Crippen molar-refractivity contribution >= 4 is 15.8 Å². The lowest BCUT2D eigenvalue weighted by molar-refractivity contribution is 0.178. The first-order valence-corrected chi connectivity index (χ1v) is 7.97. The van der Waals surface area contributed by atoms with Crippen LogP contribution < -0.4 is 5.73 Å². The van der Waals surface area contributed by atoms with Gasteiger partial charge in [-0.3, -0.25) is 4.90 Å². The van der Waals surface area contributed by atoms with Gasteiger partial charge in [0.05, 0.1) is 12.8 Å². The molecule has 0 spiro atoms. The average Bonchev–Trinajstić information content (AvgIpc) is 2.26. The Labute approximate surface area is 113 Å². The summed E-state index contributed by atoms with van der Waals surface area (Å²) >= 11 is 0. The zero-order valence-electron chi connectivity index (χ0n) is 11.2. The molecule has 0 unspecified atom stereocenters. The van der Waals surface area contributed by atoms with Crippen LogP contribution in [0.2, 0.25) is 0 Å². The van der Waals surface area contributed by atoms with Gasteiger partial charge in [-0.15, -0.1) is 0 Å². The molecule has 0 amide bonds. The van der Waals surface area contributed by atoms with E-state index in [1.54, 1.807) is 6.07 Å². The fourth-order valence-electron chi connectivity index (χ4n) is 2.15. The molecule has 106 valence electrons. The predicted molar refractivity (Wildman–Crippen MR) is 72.9 cm³/mol. The molecule has 1 fully saturated rings. The minimum absolute atomic E-state index is 0.470. The molecule has 1 aliphatic rings. The zero-order chi connectivity index (χ0) is 14.0. The summed E-state index contributed by atoms with van der Waals surface area (Å²) in [5.41, 5.74) is 6.53. The van der Waals surface area contributed by atoms with E-state index >= 15 is 0 Å². The van der Waals surface area contributed by atoms with E-state index in [0.717, 1.165) is 5.69 Å². The number of nitrogens with two attached hydrogens (primary N) is 1. The van der Waals surface area contributed by atoms with Crippen molar-refractivity contribution in [2.75, 3.05) is 38.2 Å². The van der Waals surface area contributed by atoms with Gasteiger partial charge in [0.25, 0.3) is 0 Å². The molecule has 7 nitrogen and oxygen atoms in total. The third-order valence-corrected chi connectivity index (χ3v) is 4.39. The average molecular weight is 285 g/mol. The Bertz CT molecular complexity index is 532. The van der Waals surface area contributed by atoms with E-state index in [9.17, 15) is 8.42 Å². The fraction of sp³-hybridized carbons (Fsp3) is 0.636. The maximum Gasteiger partial charge on any atom is 0.211 e. The second-order valence-electron chi connectivity index (χ2n) is 4.79. The predicted octanol–water partition coefficient (Wildman–Crippen LogP) is -0.556. The minimum atomic E-state index is -3.08. The van der Waals surface area contributed by atoms with Crippen molar-refractivity contribution in [3.63, 3.8) is 0 Å². The second-order valence-corrected chi connectivity index (χ2v) is 6.77. The topological polar surface area (TPSA) is 92.4 Å². The van der Waals surface area contributed by atoms with Gasteiger partial charge < -0.3 is 5.73 Å². The maximum atomic E-state index is 11.4. The number of aromatic nitrogens is 2. The van der Waals surface area contributed by atoms with Gasteiger partial charge in [-0.25, -0.2) is 18.4 Å². The van der Waals surface area contributed by atoms with Gasteiger partial charge in [0.15, 0.2) is 0 Å². The first-order valence-electron chi connectivity index (χ1n) is 6.12. The van der Waals surface area contributed by atoms with Gasteiger partial charge in [-0.05, 0) is 6.92 Å². The molecule has 0 aromatic carbocycles. The Kier molecular flexibility index (Phi) is 4.02. The molecule has 19 heavy (non-hydrogen) atoms. The molecule has 8 heteroatoms. The largest absolute Gasteiger partial charge is 0.384 e. The lowest BCUT2D eigenvalue weighted by Crippen LogP contribution is -2.48. The van der Waals surface area contributed by atoms with E-state index in [0.29, 0.717) is 44.4 Å². The molecule has 0 atom stereocenters. The standard InChI is InChI=1S/C11H19N5O2S/c1-9-7-10(12)14-11(13-9)8-15-3-5-16(6-4-15)19(2,17)18/h7H,3-6,8H2,1-2H3,(H2,12,13,14). The zero-order valence-corrected chi connectivity index (χ0v) is 12.0. The summed E-state index contributed by atoms with van der Waals surface area (Å²) in [5, 5.41) is 0. The molecule has 2 rings (SSSR count). The first kappa shape index (κ1) is 14.2. The van der Waals surface area contributed by atoms with Crippen molar-refractivity contribution in [2.45, 2.75) is 13.5 Å². The minimum Gasteiger partial charge on any atom is -0.384 e. The van der Waals surface area contributed by atoms with Gasteiger partial charge in [-0.2, -0.15) is 4.31 Å². The maximum absolute atomic E-state index is 11.4. The number of piperazine rings is 1. The summed E-state index contributed by atoms with van der Waals surface area (Å²) < 4.78 is 24.3. The molecule has 1 aromatic rings. The smallest absolute Gasteiger partial charge is 0.211 e. The monoisotopic (exact) mass is 285 g/mol. The second kappa shape index (κ2) is 5.40. The number of hydrogen-bond acceptors (Lipinski definition) is 6. The Morgan fingerprint density at radius 1 is 1.26 bits per heavy atom. The van der Waals surface area contributed by atoms with Crippen molar-refractivity contribution in [3.05, 3.63) is 17.6 Å². The first-order chi connectivity index (χ1) is 8.84. The van der Waals surface area contributed by atoms with Crippen LogP contribution >= 0.6 is 0 Å². The molecule has 0 aliphatic carbocycles. The molecule has 0 bridgehead atoms. The van der Waals surface area contributed by atoms with Crippen LogP contribution in [-0.2, 0) is 16.6 Å². The Morgan fingerprint density at radius 3 is 2.42 bits per heavy atom. The van der Waals surface area contributed by atoms with Crippen LogP contribution in [0.5, 0.6) is 0 Å². The van der Waals surface area contributed by atoms with E-state index in [2.05, 4.69) is 14.9 Å². The lowest BCUT2D eigenvalue weighted by atomic mass is 10.3. The highest BCUT2D eigenvalue weighted by Gasteiger charge is 2.23. The van der Waals surface area contributed by atoms with Gasteiger partial charge in [0.2, 0.25) is 10.0 Å². The SMILES string of the molecule is Cc1cc(N)nc(CN2CCN(S(C)(=O)=O)CC2)n1. The molecule has 0 saturated carbocycles. The highest BCUT2D eigenvalue weighted by atomic mass is 32.2. The third kappa shape index (κ3) is 3.85. The molecular formula is C11H19N5O2S. The summed E-state index contributed by atoms with van der Waals surface area (Å²) in [4.78, 5) is 10.7. The number of rotatable bonds is 3. The molecule has 1 aliphatic heterocycles. The van der Waals surface area contributed by atoms with Crippen molar-refractivity contribution in [3.8, 4) is 0 Å². The normalized spacial score (nSPS) is 18.6. The number of sulfonamides is 1. The molecule has 2 heterocycles. The highest BCUT2D eigenvalue weighted by molar-refractivity contribution is 7.88. The molecule has 1 saturated heterocycles. The van der Waals surface area contributed by atoms with Crippen LogP contribution in [0, 0.1) is 6.92 Å². The highest BCUT2D eigenvalue weighted by Crippen LogP contribution is 2.10. The molecule has 1 aromatic heterocycles. The van der Waals surface area contributed by atoms with Crippen LogP contribution in [0.1, 0.15) is 11.5 Å². The molecule has 2 N–H and O–H groups in total.